The van der Waals surface area contributed by atoms with Gasteiger partial charge in [0.25, 0.3) is 0 Å². The maximum atomic E-state index is 9.21. The second kappa shape index (κ2) is 1.88. The SMILES string of the molecule is Oc1cc(O)c2[nH]ncc2c1. The lowest BCUT2D eigenvalue weighted by atomic mass is 10.2. The van der Waals surface area contributed by atoms with Crippen molar-refractivity contribution in [3.8, 4) is 11.5 Å². The van der Waals surface area contributed by atoms with Crippen LogP contribution in [0.4, 0.5) is 0 Å². The molecule has 2 rings (SSSR count). The van der Waals surface area contributed by atoms with Crippen LogP contribution in [0.15, 0.2) is 18.3 Å². The number of hydrogen-bond donors (Lipinski definition) is 3. The minimum Gasteiger partial charge on any atom is -0.508 e. The predicted molar refractivity (Wildman–Crippen MR) is 39.4 cm³/mol. The van der Waals surface area contributed by atoms with Crippen LogP contribution < -0.4 is 0 Å². The van der Waals surface area contributed by atoms with E-state index in [1.165, 1.54) is 18.3 Å². The summed E-state index contributed by atoms with van der Waals surface area (Å²) in [5.74, 6) is 0.0499. The predicted octanol–water partition coefficient (Wildman–Crippen LogP) is 0.974. The van der Waals surface area contributed by atoms with Gasteiger partial charge in [-0.05, 0) is 6.07 Å². The molecule has 0 aliphatic rings. The molecule has 1 aromatic heterocycles. The Morgan fingerprint density at radius 1 is 1.27 bits per heavy atom. The molecule has 0 atom stereocenters. The molecule has 4 heteroatoms. The first-order valence-corrected chi connectivity index (χ1v) is 3.12. The molecule has 0 unspecified atom stereocenters. The molecule has 11 heavy (non-hydrogen) atoms. The molecule has 1 aromatic carbocycles. The molecule has 0 aliphatic carbocycles. The smallest absolute Gasteiger partial charge is 0.144 e. The number of nitrogens with one attached hydrogen (secondary N) is 1. The summed E-state index contributed by atoms with van der Waals surface area (Å²) in [6, 6.07) is 2.79. The Bertz CT molecular complexity index is 394. The fourth-order valence-electron chi connectivity index (χ4n) is 1.02. The van der Waals surface area contributed by atoms with Crippen molar-refractivity contribution in [3.05, 3.63) is 18.3 Å². The monoisotopic (exact) mass is 150 g/mol. The van der Waals surface area contributed by atoms with E-state index in [4.69, 9.17) is 5.11 Å². The molecule has 3 N–H and O–H groups in total. The van der Waals surface area contributed by atoms with Gasteiger partial charge in [-0.3, -0.25) is 5.10 Å². The Kier molecular flexibility index (Phi) is 1.03. The molecular weight excluding hydrogens is 144 g/mol. The largest absolute Gasteiger partial charge is 0.508 e. The number of hydrogen-bond acceptors (Lipinski definition) is 3. The summed E-state index contributed by atoms with van der Waals surface area (Å²) in [6.45, 7) is 0. The summed E-state index contributed by atoms with van der Waals surface area (Å²) in [5, 5.41) is 25.2. The number of benzene rings is 1. The van der Waals surface area contributed by atoms with Gasteiger partial charge in [-0.15, -0.1) is 0 Å². The van der Waals surface area contributed by atoms with E-state index in [0.717, 1.165) is 0 Å². The fourth-order valence-corrected chi connectivity index (χ4v) is 1.02. The van der Waals surface area contributed by atoms with E-state index >= 15 is 0 Å². The van der Waals surface area contributed by atoms with E-state index in [9.17, 15) is 5.11 Å². The van der Waals surface area contributed by atoms with Gasteiger partial charge in [0.05, 0.1) is 6.20 Å². The van der Waals surface area contributed by atoms with Gasteiger partial charge >= 0.3 is 0 Å². The van der Waals surface area contributed by atoms with Gasteiger partial charge in [0, 0.05) is 11.5 Å². The summed E-state index contributed by atoms with van der Waals surface area (Å²) in [7, 11) is 0. The van der Waals surface area contributed by atoms with Gasteiger partial charge in [-0.25, -0.2) is 0 Å². The first-order chi connectivity index (χ1) is 5.27. The van der Waals surface area contributed by atoms with Gasteiger partial charge in [-0.1, -0.05) is 0 Å². The quantitative estimate of drug-likeness (QED) is 0.524. The van der Waals surface area contributed by atoms with Crippen LogP contribution in [-0.2, 0) is 0 Å². The van der Waals surface area contributed by atoms with Crippen LogP contribution in [0.2, 0.25) is 0 Å². The highest BCUT2D eigenvalue weighted by molar-refractivity contribution is 5.85. The Morgan fingerprint density at radius 3 is 2.91 bits per heavy atom. The van der Waals surface area contributed by atoms with E-state index in [-0.39, 0.29) is 11.5 Å². The molecule has 0 bridgehead atoms. The first kappa shape index (κ1) is 6.03. The molecule has 0 aliphatic heterocycles. The van der Waals surface area contributed by atoms with Crippen molar-refractivity contribution in [3.63, 3.8) is 0 Å². The van der Waals surface area contributed by atoms with Crippen molar-refractivity contribution < 1.29 is 10.2 Å². The fraction of sp³-hybridized carbons (Fsp3) is 0. The molecule has 0 saturated heterocycles. The third-order valence-electron chi connectivity index (χ3n) is 1.51. The topological polar surface area (TPSA) is 69.1 Å². The summed E-state index contributed by atoms with van der Waals surface area (Å²) < 4.78 is 0. The minimum absolute atomic E-state index is 0.0116. The summed E-state index contributed by atoms with van der Waals surface area (Å²) in [4.78, 5) is 0. The summed E-state index contributed by atoms with van der Waals surface area (Å²) in [6.07, 6.45) is 1.54. The minimum atomic E-state index is 0.0116. The normalized spacial score (nSPS) is 10.5. The average molecular weight is 150 g/mol. The van der Waals surface area contributed by atoms with Crippen LogP contribution in [0.1, 0.15) is 0 Å². The van der Waals surface area contributed by atoms with Gasteiger partial charge in [0.2, 0.25) is 0 Å². The molecule has 0 saturated carbocycles. The lowest BCUT2D eigenvalue weighted by Crippen LogP contribution is -1.70. The Hall–Kier alpha value is -1.71. The second-order valence-electron chi connectivity index (χ2n) is 2.30. The third-order valence-corrected chi connectivity index (χ3v) is 1.51. The Balaban J connectivity index is 2.91. The number of H-pyrrole nitrogens is 1. The van der Waals surface area contributed by atoms with E-state index in [1.54, 1.807) is 0 Å². The van der Waals surface area contributed by atoms with Crippen molar-refractivity contribution in [1.82, 2.24) is 10.2 Å². The molecule has 0 spiro atoms. The third kappa shape index (κ3) is 0.797. The average Bonchev–Trinajstić information content (AvgIpc) is 2.34. The standard InChI is InChI=1S/C7H6N2O2/c10-5-1-4-3-8-9-7(4)6(11)2-5/h1-3,10-11H,(H,8,9). The van der Waals surface area contributed by atoms with E-state index in [1.807, 2.05) is 0 Å². The highest BCUT2D eigenvalue weighted by Crippen LogP contribution is 2.27. The van der Waals surface area contributed by atoms with E-state index < -0.39 is 0 Å². The zero-order valence-electron chi connectivity index (χ0n) is 5.57. The number of aromatic hydroxyl groups is 2. The first-order valence-electron chi connectivity index (χ1n) is 3.12. The number of phenolic OH excluding ortho intramolecular Hbond substituents is 2. The maximum absolute atomic E-state index is 9.21. The molecule has 2 aromatic rings. The number of phenols is 2. The second-order valence-corrected chi connectivity index (χ2v) is 2.30. The van der Waals surface area contributed by atoms with Crippen LogP contribution >= 0.6 is 0 Å². The van der Waals surface area contributed by atoms with Crippen LogP contribution in [0.3, 0.4) is 0 Å². The van der Waals surface area contributed by atoms with Crippen molar-refractivity contribution in [1.29, 1.82) is 0 Å². The number of aromatic nitrogens is 2. The van der Waals surface area contributed by atoms with Gasteiger partial charge in [0.15, 0.2) is 0 Å². The van der Waals surface area contributed by atoms with Crippen molar-refractivity contribution >= 4 is 10.9 Å². The molecule has 1 heterocycles. The Labute approximate surface area is 62.1 Å². The molecule has 0 amide bonds. The van der Waals surface area contributed by atoms with Gasteiger partial charge in [-0.2, -0.15) is 5.10 Å². The highest BCUT2D eigenvalue weighted by Gasteiger charge is 2.02. The molecule has 4 nitrogen and oxygen atoms in total. The molecule has 0 radical (unpaired) electrons. The van der Waals surface area contributed by atoms with Crippen LogP contribution in [0.25, 0.3) is 10.9 Å². The van der Waals surface area contributed by atoms with Gasteiger partial charge < -0.3 is 10.2 Å². The molecule has 0 fully saturated rings. The summed E-state index contributed by atoms with van der Waals surface area (Å²) >= 11 is 0. The molecule has 56 valence electrons. The molecular formula is C7H6N2O2. The Morgan fingerprint density at radius 2 is 2.09 bits per heavy atom. The summed E-state index contributed by atoms with van der Waals surface area (Å²) in [5.41, 5.74) is 0.544. The van der Waals surface area contributed by atoms with Crippen LogP contribution in [-0.4, -0.2) is 20.4 Å². The van der Waals surface area contributed by atoms with Crippen molar-refractivity contribution in [2.75, 3.05) is 0 Å². The van der Waals surface area contributed by atoms with Crippen molar-refractivity contribution in [2.24, 2.45) is 0 Å². The number of aromatic amines is 1. The number of nitrogens with zero attached hydrogens (tertiary/aromatic N) is 1. The zero-order chi connectivity index (χ0) is 7.84. The zero-order valence-corrected chi connectivity index (χ0v) is 5.57. The lowest BCUT2D eigenvalue weighted by Gasteiger charge is -1.94. The number of fused-ring (bicyclic) bond motifs is 1. The number of rotatable bonds is 0. The van der Waals surface area contributed by atoms with Crippen LogP contribution in [0.5, 0.6) is 11.5 Å². The van der Waals surface area contributed by atoms with E-state index in [2.05, 4.69) is 10.2 Å². The lowest BCUT2D eigenvalue weighted by molar-refractivity contribution is 0.454. The maximum Gasteiger partial charge on any atom is 0.144 e. The highest BCUT2D eigenvalue weighted by atomic mass is 16.3. The van der Waals surface area contributed by atoms with Gasteiger partial charge in [0.1, 0.15) is 17.0 Å². The van der Waals surface area contributed by atoms with Crippen LogP contribution in [0, 0.1) is 0 Å². The van der Waals surface area contributed by atoms with E-state index in [0.29, 0.717) is 10.9 Å². The van der Waals surface area contributed by atoms with Crippen molar-refractivity contribution in [2.45, 2.75) is 0 Å².